The van der Waals surface area contributed by atoms with Crippen LogP contribution in [-0.2, 0) is 0 Å². The normalized spacial score (nSPS) is 11.4. The van der Waals surface area contributed by atoms with Gasteiger partial charge in [0, 0.05) is 23.7 Å². The molecule has 1 aromatic heterocycles. The van der Waals surface area contributed by atoms with E-state index in [2.05, 4.69) is 41.7 Å². The monoisotopic (exact) mass is 328 g/mol. The summed E-state index contributed by atoms with van der Waals surface area (Å²) in [5.74, 6) is 0.265. The van der Waals surface area contributed by atoms with Crippen molar-refractivity contribution in [3.63, 3.8) is 0 Å². The summed E-state index contributed by atoms with van der Waals surface area (Å²) in [6, 6.07) is 17.3. The lowest BCUT2D eigenvalue weighted by atomic mass is 9.97. The number of rotatable bonds is 4. The molecule has 0 fully saturated rings. The summed E-state index contributed by atoms with van der Waals surface area (Å²) in [7, 11) is 0. The Labute approximate surface area is 148 Å². The van der Waals surface area contributed by atoms with Crippen LogP contribution in [0.3, 0.4) is 0 Å². The quantitative estimate of drug-likeness (QED) is 0.665. The third-order valence-corrected chi connectivity index (χ3v) is 4.13. The fraction of sp³-hybridized carbons (Fsp3) is 0.0909. The molecule has 0 unspecified atom stereocenters. The van der Waals surface area contributed by atoms with Gasteiger partial charge in [-0.1, -0.05) is 30.8 Å². The molecule has 3 aromatic rings. The Morgan fingerprint density at radius 1 is 1.04 bits per heavy atom. The second-order valence-electron chi connectivity index (χ2n) is 5.96. The van der Waals surface area contributed by atoms with Crippen molar-refractivity contribution in [1.29, 1.82) is 0 Å². The minimum atomic E-state index is 0.265. The van der Waals surface area contributed by atoms with Crippen molar-refractivity contribution in [2.75, 3.05) is 0 Å². The molecule has 2 aromatic carbocycles. The number of aliphatic imine (C=N–C) groups is 1. The molecule has 0 aliphatic heterocycles. The lowest BCUT2D eigenvalue weighted by molar-refractivity contribution is 0.475. The SMILES string of the molecule is C=C(N=C(C)c1cc(-c2ccc(O)cc2)ccc1C)c1cccnc1. The topological polar surface area (TPSA) is 45.5 Å². The summed E-state index contributed by atoms with van der Waals surface area (Å²) in [5, 5.41) is 9.46. The standard InChI is InChI=1S/C22H20N2O/c1-15-6-7-19(18-8-10-21(25)11-9-18)13-22(15)17(3)24-16(2)20-5-4-12-23-14-20/h4-14,25H,2H2,1,3H3. The maximum atomic E-state index is 9.46. The third-order valence-electron chi connectivity index (χ3n) is 4.13. The van der Waals surface area contributed by atoms with Gasteiger partial charge in [0.1, 0.15) is 5.75 Å². The van der Waals surface area contributed by atoms with Crippen molar-refractivity contribution < 1.29 is 5.11 Å². The second kappa shape index (κ2) is 7.14. The van der Waals surface area contributed by atoms with Crippen molar-refractivity contribution in [2.24, 2.45) is 4.99 Å². The average Bonchev–Trinajstić information content (AvgIpc) is 2.63. The van der Waals surface area contributed by atoms with Crippen molar-refractivity contribution in [2.45, 2.75) is 13.8 Å². The van der Waals surface area contributed by atoms with Crippen LogP contribution in [-0.4, -0.2) is 15.8 Å². The van der Waals surface area contributed by atoms with E-state index in [-0.39, 0.29) is 5.75 Å². The molecule has 0 aliphatic rings. The highest BCUT2D eigenvalue weighted by Gasteiger charge is 2.07. The van der Waals surface area contributed by atoms with Gasteiger partial charge >= 0.3 is 0 Å². The Bertz CT molecular complexity index is 926. The molecule has 0 amide bonds. The molecule has 0 saturated carbocycles. The van der Waals surface area contributed by atoms with Gasteiger partial charge in [-0.2, -0.15) is 0 Å². The van der Waals surface area contributed by atoms with Gasteiger partial charge in [-0.25, -0.2) is 0 Å². The van der Waals surface area contributed by atoms with Gasteiger partial charge in [0.25, 0.3) is 0 Å². The Morgan fingerprint density at radius 3 is 2.44 bits per heavy atom. The molecule has 0 bridgehead atoms. The molecule has 124 valence electrons. The number of nitrogens with zero attached hydrogens (tertiary/aromatic N) is 2. The lowest BCUT2D eigenvalue weighted by Gasteiger charge is -2.10. The molecule has 3 heteroatoms. The second-order valence-corrected chi connectivity index (χ2v) is 5.96. The number of aromatic hydroxyl groups is 1. The molecule has 0 aliphatic carbocycles. The number of hydrogen-bond acceptors (Lipinski definition) is 3. The Hall–Kier alpha value is -3.20. The molecule has 3 nitrogen and oxygen atoms in total. The molecule has 0 radical (unpaired) electrons. The van der Waals surface area contributed by atoms with Crippen LogP contribution in [0.5, 0.6) is 5.75 Å². The maximum absolute atomic E-state index is 9.46. The van der Waals surface area contributed by atoms with E-state index in [1.165, 1.54) is 0 Å². The van der Waals surface area contributed by atoms with E-state index in [0.29, 0.717) is 5.70 Å². The first-order chi connectivity index (χ1) is 12.0. The summed E-state index contributed by atoms with van der Waals surface area (Å²) in [6.45, 7) is 8.12. The Morgan fingerprint density at radius 2 is 1.76 bits per heavy atom. The van der Waals surface area contributed by atoms with Gasteiger partial charge in [-0.3, -0.25) is 9.98 Å². The summed E-state index contributed by atoms with van der Waals surface area (Å²) >= 11 is 0. The number of aromatic nitrogens is 1. The van der Waals surface area contributed by atoms with Gasteiger partial charge in [0.2, 0.25) is 0 Å². The van der Waals surface area contributed by atoms with Crippen LogP contribution in [0.25, 0.3) is 16.8 Å². The van der Waals surface area contributed by atoms with E-state index < -0.39 is 0 Å². The van der Waals surface area contributed by atoms with Crippen molar-refractivity contribution in [3.8, 4) is 16.9 Å². The number of phenolic OH excluding ortho intramolecular Hbond substituents is 1. The maximum Gasteiger partial charge on any atom is 0.115 e. The lowest BCUT2D eigenvalue weighted by Crippen LogP contribution is -1.99. The fourth-order valence-corrected chi connectivity index (χ4v) is 2.71. The smallest absolute Gasteiger partial charge is 0.115 e. The molecule has 0 saturated heterocycles. The first kappa shape index (κ1) is 16.7. The van der Waals surface area contributed by atoms with Gasteiger partial charge in [-0.15, -0.1) is 0 Å². The molecule has 0 spiro atoms. The van der Waals surface area contributed by atoms with Gasteiger partial charge < -0.3 is 5.11 Å². The fourth-order valence-electron chi connectivity index (χ4n) is 2.71. The summed E-state index contributed by atoms with van der Waals surface area (Å²) in [6.07, 6.45) is 3.50. The summed E-state index contributed by atoms with van der Waals surface area (Å²) < 4.78 is 0. The Balaban J connectivity index is 1.96. The Kier molecular flexibility index (Phi) is 4.75. The van der Waals surface area contributed by atoms with Crippen molar-refractivity contribution in [1.82, 2.24) is 4.98 Å². The van der Waals surface area contributed by atoms with Crippen molar-refractivity contribution >= 4 is 11.4 Å². The predicted molar refractivity (Wildman–Crippen MR) is 104 cm³/mol. The highest BCUT2D eigenvalue weighted by molar-refractivity contribution is 6.03. The molecule has 0 atom stereocenters. The average molecular weight is 328 g/mol. The number of aryl methyl sites for hydroxylation is 1. The summed E-state index contributed by atoms with van der Waals surface area (Å²) in [4.78, 5) is 8.78. The van der Waals surface area contributed by atoms with Crippen LogP contribution in [0.15, 0.2) is 78.6 Å². The van der Waals surface area contributed by atoms with Crippen LogP contribution in [0.1, 0.15) is 23.6 Å². The summed E-state index contributed by atoms with van der Waals surface area (Å²) in [5.41, 5.74) is 6.89. The molecule has 3 rings (SSSR count). The number of hydrogen-bond donors (Lipinski definition) is 1. The number of phenols is 1. The predicted octanol–water partition coefficient (Wildman–Crippen LogP) is 5.24. The van der Waals surface area contributed by atoms with E-state index >= 15 is 0 Å². The van der Waals surface area contributed by atoms with Crippen LogP contribution < -0.4 is 0 Å². The minimum Gasteiger partial charge on any atom is -0.508 e. The highest BCUT2D eigenvalue weighted by atomic mass is 16.3. The van der Waals surface area contributed by atoms with Crippen LogP contribution in [0.4, 0.5) is 0 Å². The van der Waals surface area contributed by atoms with E-state index in [1.54, 1.807) is 24.5 Å². The van der Waals surface area contributed by atoms with Crippen LogP contribution >= 0.6 is 0 Å². The first-order valence-corrected chi connectivity index (χ1v) is 8.09. The first-order valence-electron chi connectivity index (χ1n) is 8.09. The zero-order chi connectivity index (χ0) is 17.8. The molecule has 1 N–H and O–H groups in total. The van der Waals surface area contributed by atoms with Gasteiger partial charge in [0.05, 0.1) is 5.70 Å². The molecular formula is C22H20N2O. The van der Waals surface area contributed by atoms with E-state index in [0.717, 1.165) is 33.5 Å². The molecular weight excluding hydrogens is 308 g/mol. The van der Waals surface area contributed by atoms with Crippen molar-refractivity contribution in [3.05, 3.63) is 90.3 Å². The number of pyridine rings is 1. The van der Waals surface area contributed by atoms with E-state index in [1.807, 2.05) is 31.2 Å². The van der Waals surface area contributed by atoms with E-state index in [4.69, 9.17) is 0 Å². The van der Waals surface area contributed by atoms with Gasteiger partial charge in [-0.05, 0) is 66.4 Å². The number of benzene rings is 2. The van der Waals surface area contributed by atoms with Gasteiger partial charge in [0.15, 0.2) is 0 Å². The van der Waals surface area contributed by atoms with Crippen LogP contribution in [0, 0.1) is 6.92 Å². The highest BCUT2D eigenvalue weighted by Crippen LogP contribution is 2.25. The molecule has 25 heavy (non-hydrogen) atoms. The molecule has 1 heterocycles. The van der Waals surface area contributed by atoms with E-state index in [9.17, 15) is 5.11 Å². The minimum absolute atomic E-state index is 0.265. The van der Waals surface area contributed by atoms with Crippen LogP contribution in [0.2, 0.25) is 0 Å². The third kappa shape index (κ3) is 3.83. The zero-order valence-corrected chi connectivity index (χ0v) is 14.4. The zero-order valence-electron chi connectivity index (χ0n) is 14.4. The largest absolute Gasteiger partial charge is 0.508 e.